The SMILES string of the molecule is COc1ccc(CC(C(=O)O)c2nc(C)cc(C)n2)cc1. The molecule has 0 radical (unpaired) electrons. The predicted octanol–water partition coefficient (Wildman–Crippen LogP) is 2.51. The summed E-state index contributed by atoms with van der Waals surface area (Å²) in [5, 5.41) is 9.47. The molecule has 5 heteroatoms. The third-order valence-electron chi connectivity index (χ3n) is 3.21. The average molecular weight is 286 g/mol. The van der Waals surface area contributed by atoms with Gasteiger partial charge in [-0.2, -0.15) is 0 Å². The summed E-state index contributed by atoms with van der Waals surface area (Å²) in [6, 6.07) is 9.18. The van der Waals surface area contributed by atoms with Crippen molar-refractivity contribution >= 4 is 5.97 Å². The van der Waals surface area contributed by atoms with E-state index in [0.29, 0.717) is 12.2 Å². The number of aromatic nitrogens is 2. The van der Waals surface area contributed by atoms with Crippen LogP contribution in [0.5, 0.6) is 5.75 Å². The molecule has 2 aromatic rings. The summed E-state index contributed by atoms with van der Waals surface area (Å²) < 4.78 is 5.10. The van der Waals surface area contributed by atoms with Crippen molar-refractivity contribution in [3.63, 3.8) is 0 Å². The lowest BCUT2D eigenvalue weighted by Crippen LogP contribution is -2.18. The van der Waals surface area contributed by atoms with Crippen LogP contribution in [0.3, 0.4) is 0 Å². The van der Waals surface area contributed by atoms with Crippen molar-refractivity contribution < 1.29 is 14.6 Å². The molecule has 21 heavy (non-hydrogen) atoms. The molecule has 1 atom stereocenters. The van der Waals surface area contributed by atoms with E-state index >= 15 is 0 Å². The Kier molecular flexibility index (Phi) is 4.52. The Balaban J connectivity index is 2.28. The van der Waals surface area contributed by atoms with E-state index in [1.807, 2.05) is 44.2 Å². The van der Waals surface area contributed by atoms with Gasteiger partial charge in [-0.25, -0.2) is 9.97 Å². The van der Waals surface area contributed by atoms with Gasteiger partial charge in [0.15, 0.2) is 0 Å². The molecule has 2 rings (SSSR count). The molecule has 5 nitrogen and oxygen atoms in total. The van der Waals surface area contributed by atoms with Crippen LogP contribution in [0.15, 0.2) is 30.3 Å². The molecule has 0 fully saturated rings. The summed E-state index contributed by atoms with van der Waals surface area (Å²) in [7, 11) is 1.60. The van der Waals surface area contributed by atoms with Gasteiger partial charge in [-0.15, -0.1) is 0 Å². The first-order valence-electron chi connectivity index (χ1n) is 6.67. The highest BCUT2D eigenvalue weighted by Gasteiger charge is 2.23. The molecule has 1 N–H and O–H groups in total. The summed E-state index contributed by atoms with van der Waals surface area (Å²) in [5.74, 6) is -0.572. The molecule has 0 aliphatic carbocycles. The lowest BCUT2D eigenvalue weighted by Gasteiger charge is -2.13. The summed E-state index contributed by atoms with van der Waals surface area (Å²) in [5.41, 5.74) is 2.46. The summed E-state index contributed by atoms with van der Waals surface area (Å²) in [4.78, 5) is 20.1. The van der Waals surface area contributed by atoms with Gasteiger partial charge in [-0.05, 0) is 44.0 Å². The van der Waals surface area contributed by atoms with Crippen LogP contribution in [0.2, 0.25) is 0 Å². The number of carboxylic acid groups (broad SMARTS) is 1. The molecule has 0 bridgehead atoms. The quantitative estimate of drug-likeness (QED) is 0.914. The van der Waals surface area contributed by atoms with Crippen LogP contribution >= 0.6 is 0 Å². The molecule has 0 saturated heterocycles. The van der Waals surface area contributed by atoms with Crippen LogP contribution in [0, 0.1) is 13.8 Å². The third kappa shape index (κ3) is 3.78. The zero-order valence-corrected chi connectivity index (χ0v) is 12.3. The third-order valence-corrected chi connectivity index (χ3v) is 3.21. The maximum atomic E-state index is 11.5. The molecule has 1 heterocycles. The van der Waals surface area contributed by atoms with Crippen molar-refractivity contribution in [2.45, 2.75) is 26.2 Å². The first-order chi connectivity index (χ1) is 9.99. The van der Waals surface area contributed by atoms with Gasteiger partial charge in [0.25, 0.3) is 0 Å². The minimum atomic E-state index is -0.921. The van der Waals surface area contributed by atoms with Crippen LogP contribution in [0.4, 0.5) is 0 Å². The van der Waals surface area contributed by atoms with E-state index in [0.717, 1.165) is 22.7 Å². The van der Waals surface area contributed by atoms with E-state index in [1.165, 1.54) is 0 Å². The fraction of sp³-hybridized carbons (Fsp3) is 0.312. The molecule has 1 aromatic heterocycles. The largest absolute Gasteiger partial charge is 0.497 e. The molecule has 110 valence electrons. The van der Waals surface area contributed by atoms with Crippen molar-refractivity contribution in [2.24, 2.45) is 0 Å². The Morgan fingerprint density at radius 3 is 2.24 bits per heavy atom. The van der Waals surface area contributed by atoms with Gasteiger partial charge < -0.3 is 9.84 Å². The smallest absolute Gasteiger partial charge is 0.314 e. The van der Waals surface area contributed by atoms with Gasteiger partial charge in [0, 0.05) is 11.4 Å². The minimum absolute atomic E-state index is 0.349. The fourth-order valence-electron chi connectivity index (χ4n) is 2.20. The number of hydrogen-bond acceptors (Lipinski definition) is 4. The lowest BCUT2D eigenvalue weighted by molar-refractivity contribution is -0.139. The standard InChI is InChI=1S/C16H18N2O3/c1-10-8-11(2)18-15(17-10)14(16(19)20)9-12-4-6-13(21-3)7-5-12/h4-8,14H,9H2,1-3H3,(H,19,20). The number of rotatable bonds is 5. The summed E-state index contributed by atoms with van der Waals surface area (Å²) in [6.07, 6.45) is 0.349. The van der Waals surface area contributed by atoms with E-state index in [1.54, 1.807) is 7.11 Å². The Morgan fingerprint density at radius 1 is 1.19 bits per heavy atom. The second kappa shape index (κ2) is 6.35. The molecule has 0 aliphatic heterocycles. The maximum absolute atomic E-state index is 11.5. The van der Waals surface area contributed by atoms with Crippen LogP contribution in [-0.2, 0) is 11.2 Å². The lowest BCUT2D eigenvalue weighted by atomic mass is 9.98. The molecule has 1 unspecified atom stereocenters. The van der Waals surface area contributed by atoms with Crippen LogP contribution in [0.25, 0.3) is 0 Å². The van der Waals surface area contributed by atoms with Crippen molar-refractivity contribution in [1.29, 1.82) is 0 Å². The highest BCUT2D eigenvalue weighted by molar-refractivity contribution is 5.75. The number of aliphatic carboxylic acids is 1. The Labute approximate surface area is 123 Å². The highest BCUT2D eigenvalue weighted by Crippen LogP contribution is 2.21. The van der Waals surface area contributed by atoms with E-state index in [2.05, 4.69) is 9.97 Å². The first kappa shape index (κ1) is 15.0. The van der Waals surface area contributed by atoms with Gasteiger partial charge in [-0.1, -0.05) is 12.1 Å². The Morgan fingerprint density at radius 2 is 1.76 bits per heavy atom. The number of aryl methyl sites for hydroxylation is 2. The van der Waals surface area contributed by atoms with Crippen LogP contribution in [0.1, 0.15) is 28.7 Å². The molecule has 0 amide bonds. The number of benzene rings is 1. The van der Waals surface area contributed by atoms with E-state index in [-0.39, 0.29) is 0 Å². The average Bonchev–Trinajstić information content (AvgIpc) is 2.44. The number of nitrogens with zero attached hydrogens (tertiary/aromatic N) is 2. The first-order valence-corrected chi connectivity index (χ1v) is 6.67. The zero-order valence-electron chi connectivity index (χ0n) is 12.3. The van der Waals surface area contributed by atoms with Crippen molar-refractivity contribution in [3.8, 4) is 5.75 Å². The van der Waals surface area contributed by atoms with Gasteiger partial charge in [0.05, 0.1) is 7.11 Å². The van der Waals surface area contributed by atoms with Crippen LogP contribution in [-0.4, -0.2) is 28.2 Å². The second-order valence-electron chi connectivity index (χ2n) is 4.95. The van der Waals surface area contributed by atoms with Gasteiger partial charge in [0.2, 0.25) is 0 Å². The zero-order chi connectivity index (χ0) is 15.4. The second-order valence-corrected chi connectivity index (χ2v) is 4.95. The molecule has 0 spiro atoms. The number of carboxylic acids is 1. The van der Waals surface area contributed by atoms with Gasteiger partial charge >= 0.3 is 5.97 Å². The topological polar surface area (TPSA) is 72.3 Å². The molecule has 1 aromatic carbocycles. The highest BCUT2D eigenvalue weighted by atomic mass is 16.5. The van der Waals surface area contributed by atoms with E-state index in [4.69, 9.17) is 4.74 Å². The normalized spacial score (nSPS) is 12.0. The number of ether oxygens (including phenoxy) is 1. The summed E-state index contributed by atoms with van der Waals surface area (Å²) in [6.45, 7) is 3.68. The molecular weight excluding hydrogens is 268 g/mol. The molecular formula is C16H18N2O3. The van der Waals surface area contributed by atoms with Crippen LogP contribution < -0.4 is 4.74 Å². The van der Waals surface area contributed by atoms with Gasteiger partial charge in [-0.3, -0.25) is 4.79 Å². The fourth-order valence-corrected chi connectivity index (χ4v) is 2.20. The van der Waals surface area contributed by atoms with Crippen molar-refractivity contribution in [2.75, 3.05) is 7.11 Å². The summed E-state index contributed by atoms with van der Waals surface area (Å²) >= 11 is 0. The van der Waals surface area contributed by atoms with E-state index in [9.17, 15) is 9.90 Å². The van der Waals surface area contributed by atoms with E-state index < -0.39 is 11.9 Å². The number of hydrogen-bond donors (Lipinski definition) is 1. The maximum Gasteiger partial charge on any atom is 0.314 e. The van der Waals surface area contributed by atoms with Crippen molar-refractivity contribution in [3.05, 3.63) is 53.1 Å². The molecule has 0 saturated carbocycles. The Bertz CT molecular complexity index is 618. The Hall–Kier alpha value is -2.43. The number of carbonyl (C=O) groups is 1. The predicted molar refractivity (Wildman–Crippen MR) is 78.6 cm³/mol. The number of methoxy groups -OCH3 is 1. The minimum Gasteiger partial charge on any atom is -0.497 e. The van der Waals surface area contributed by atoms with Crippen molar-refractivity contribution in [1.82, 2.24) is 9.97 Å². The molecule has 0 aliphatic rings. The monoisotopic (exact) mass is 286 g/mol. The van der Waals surface area contributed by atoms with Gasteiger partial charge in [0.1, 0.15) is 17.5 Å².